The SMILES string of the molecule is O=C(CSCc1cccc(Cl)c1)N[C@H](CCO)C(=O)O. The average molecular weight is 318 g/mol. The van der Waals surface area contributed by atoms with Crippen molar-refractivity contribution in [2.45, 2.75) is 18.2 Å². The normalized spacial score (nSPS) is 11.9. The van der Waals surface area contributed by atoms with Crippen molar-refractivity contribution in [1.29, 1.82) is 0 Å². The highest BCUT2D eigenvalue weighted by atomic mass is 35.5. The second-order valence-electron chi connectivity index (χ2n) is 4.09. The van der Waals surface area contributed by atoms with E-state index in [0.29, 0.717) is 10.8 Å². The molecule has 0 spiro atoms. The number of aliphatic hydroxyl groups is 1. The summed E-state index contributed by atoms with van der Waals surface area (Å²) in [5, 5.41) is 20.6. The predicted octanol–water partition coefficient (Wildman–Crippen LogP) is 1.52. The summed E-state index contributed by atoms with van der Waals surface area (Å²) in [6, 6.07) is 6.29. The molecule has 1 aromatic carbocycles. The minimum atomic E-state index is -1.15. The van der Waals surface area contributed by atoms with Crippen molar-refractivity contribution in [1.82, 2.24) is 5.32 Å². The molecule has 0 aliphatic carbocycles. The highest BCUT2D eigenvalue weighted by Gasteiger charge is 2.18. The van der Waals surface area contributed by atoms with Gasteiger partial charge in [-0.1, -0.05) is 23.7 Å². The number of halogens is 1. The molecule has 1 aromatic rings. The molecule has 1 rings (SSSR count). The number of carbonyl (C=O) groups excluding carboxylic acids is 1. The molecular formula is C13H16ClNO4S. The molecule has 110 valence electrons. The van der Waals surface area contributed by atoms with Crippen molar-refractivity contribution in [3.63, 3.8) is 0 Å². The smallest absolute Gasteiger partial charge is 0.326 e. The van der Waals surface area contributed by atoms with Gasteiger partial charge < -0.3 is 15.5 Å². The van der Waals surface area contributed by atoms with Crippen LogP contribution >= 0.6 is 23.4 Å². The largest absolute Gasteiger partial charge is 0.480 e. The van der Waals surface area contributed by atoms with E-state index in [0.717, 1.165) is 5.56 Å². The summed E-state index contributed by atoms with van der Waals surface area (Å²) in [6.45, 7) is -0.285. The zero-order chi connectivity index (χ0) is 15.0. The van der Waals surface area contributed by atoms with Crippen LogP contribution in [0.5, 0.6) is 0 Å². The van der Waals surface area contributed by atoms with Crippen LogP contribution in [0.2, 0.25) is 5.02 Å². The number of amides is 1. The summed E-state index contributed by atoms with van der Waals surface area (Å²) < 4.78 is 0. The fraction of sp³-hybridized carbons (Fsp3) is 0.385. The van der Waals surface area contributed by atoms with E-state index in [4.69, 9.17) is 21.8 Å². The Morgan fingerprint density at radius 2 is 2.15 bits per heavy atom. The summed E-state index contributed by atoms with van der Waals surface area (Å²) in [7, 11) is 0. The summed E-state index contributed by atoms with van der Waals surface area (Å²) in [5.74, 6) is -0.738. The zero-order valence-corrected chi connectivity index (χ0v) is 12.3. The number of hydrogen-bond donors (Lipinski definition) is 3. The number of hydrogen-bond acceptors (Lipinski definition) is 4. The summed E-state index contributed by atoms with van der Waals surface area (Å²) in [5.41, 5.74) is 1.00. The van der Waals surface area contributed by atoms with Crippen LogP contribution in [0, 0.1) is 0 Å². The van der Waals surface area contributed by atoms with Crippen LogP contribution < -0.4 is 5.32 Å². The number of thioether (sulfide) groups is 1. The van der Waals surface area contributed by atoms with E-state index in [1.807, 2.05) is 18.2 Å². The standard InChI is InChI=1S/C13H16ClNO4S/c14-10-3-1-2-9(6-10)7-20-8-12(17)15-11(4-5-16)13(18)19/h1-3,6,11,16H,4-5,7-8H2,(H,15,17)(H,18,19)/t11-/m1/s1. The molecule has 0 bridgehead atoms. The van der Waals surface area contributed by atoms with Gasteiger partial charge in [-0.2, -0.15) is 0 Å². The molecule has 0 unspecified atom stereocenters. The van der Waals surface area contributed by atoms with Crippen LogP contribution in [0.25, 0.3) is 0 Å². The molecule has 0 saturated heterocycles. The Labute approximate surface area is 126 Å². The summed E-state index contributed by atoms with van der Waals surface area (Å²) in [4.78, 5) is 22.4. The van der Waals surface area contributed by atoms with E-state index in [1.165, 1.54) is 11.8 Å². The van der Waals surface area contributed by atoms with Gasteiger partial charge in [0.25, 0.3) is 0 Å². The molecule has 0 aliphatic rings. The second-order valence-corrected chi connectivity index (χ2v) is 5.52. The number of rotatable bonds is 8. The minimum Gasteiger partial charge on any atom is -0.480 e. The number of nitrogens with one attached hydrogen (secondary N) is 1. The Balaban J connectivity index is 2.34. The summed E-state index contributed by atoms with van der Waals surface area (Å²) >= 11 is 7.22. The molecule has 1 amide bonds. The Bertz CT molecular complexity index is 469. The highest BCUT2D eigenvalue weighted by molar-refractivity contribution is 7.99. The van der Waals surface area contributed by atoms with Gasteiger partial charge in [0, 0.05) is 23.8 Å². The number of carboxylic acid groups (broad SMARTS) is 1. The predicted molar refractivity (Wildman–Crippen MR) is 78.9 cm³/mol. The van der Waals surface area contributed by atoms with Gasteiger partial charge >= 0.3 is 5.97 Å². The van der Waals surface area contributed by atoms with Gasteiger partial charge in [0.1, 0.15) is 6.04 Å². The first-order valence-electron chi connectivity index (χ1n) is 5.98. The second kappa shape index (κ2) is 8.84. The maximum absolute atomic E-state index is 11.6. The maximum Gasteiger partial charge on any atom is 0.326 e. The van der Waals surface area contributed by atoms with E-state index in [2.05, 4.69) is 5.32 Å². The van der Waals surface area contributed by atoms with E-state index < -0.39 is 12.0 Å². The molecule has 0 heterocycles. The lowest BCUT2D eigenvalue weighted by atomic mass is 10.2. The molecule has 5 nitrogen and oxygen atoms in total. The van der Waals surface area contributed by atoms with Crippen LogP contribution in [-0.2, 0) is 15.3 Å². The van der Waals surface area contributed by atoms with Crippen LogP contribution in [-0.4, -0.2) is 40.5 Å². The fourth-order valence-electron chi connectivity index (χ4n) is 1.51. The van der Waals surface area contributed by atoms with Crippen LogP contribution in [0.1, 0.15) is 12.0 Å². The van der Waals surface area contributed by atoms with Crippen molar-refractivity contribution in [3.8, 4) is 0 Å². The molecule has 0 radical (unpaired) electrons. The molecule has 1 atom stereocenters. The van der Waals surface area contributed by atoms with Crippen molar-refractivity contribution < 1.29 is 19.8 Å². The Kier molecular flexibility index (Phi) is 7.43. The Morgan fingerprint density at radius 1 is 1.40 bits per heavy atom. The molecular weight excluding hydrogens is 302 g/mol. The third kappa shape index (κ3) is 6.27. The van der Waals surface area contributed by atoms with Gasteiger partial charge in [-0.15, -0.1) is 11.8 Å². The first-order valence-corrected chi connectivity index (χ1v) is 7.51. The Morgan fingerprint density at radius 3 is 2.75 bits per heavy atom. The lowest BCUT2D eigenvalue weighted by molar-refractivity contribution is -0.141. The third-order valence-electron chi connectivity index (χ3n) is 2.44. The first-order chi connectivity index (χ1) is 9.52. The maximum atomic E-state index is 11.6. The Hall–Kier alpha value is -1.24. The molecule has 20 heavy (non-hydrogen) atoms. The number of aliphatic hydroxyl groups excluding tert-OH is 1. The fourth-order valence-corrected chi connectivity index (χ4v) is 2.51. The van der Waals surface area contributed by atoms with E-state index in [-0.39, 0.29) is 24.7 Å². The third-order valence-corrected chi connectivity index (χ3v) is 3.68. The highest BCUT2D eigenvalue weighted by Crippen LogP contribution is 2.16. The monoisotopic (exact) mass is 317 g/mol. The number of carbonyl (C=O) groups is 2. The van der Waals surface area contributed by atoms with Crippen molar-refractivity contribution in [2.75, 3.05) is 12.4 Å². The molecule has 7 heteroatoms. The van der Waals surface area contributed by atoms with Gasteiger partial charge in [0.05, 0.1) is 5.75 Å². The number of aliphatic carboxylic acids is 1. The van der Waals surface area contributed by atoms with Gasteiger partial charge in [0.15, 0.2) is 0 Å². The zero-order valence-electron chi connectivity index (χ0n) is 10.7. The van der Waals surface area contributed by atoms with Crippen molar-refractivity contribution in [3.05, 3.63) is 34.9 Å². The molecule has 0 aliphatic heterocycles. The van der Waals surface area contributed by atoms with Crippen molar-refractivity contribution >= 4 is 35.2 Å². The van der Waals surface area contributed by atoms with Crippen LogP contribution in [0.3, 0.4) is 0 Å². The van der Waals surface area contributed by atoms with Gasteiger partial charge in [-0.05, 0) is 17.7 Å². The lowest BCUT2D eigenvalue weighted by Gasteiger charge is -2.12. The van der Waals surface area contributed by atoms with E-state index >= 15 is 0 Å². The number of carboxylic acids is 1. The molecule has 0 saturated carbocycles. The molecule has 0 aromatic heterocycles. The van der Waals surface area contributed by atoms with E-state index in [1.54, 1.807) is 6.07 Å². The summed E-state index contributed by atoms with van der Waals surface area (Å²) in [6.07, 6.45) is 0.0000329. The lowest BCUT2D eigenvalue weighted by Crippen LogP contribution is -2.42. The van der Waals surface area contributed by atoms with Gasteiger partial charge in [-0.25, -0.2) is 4.79 Å². The molecule has 0 fully saturated rings. The van der Waals surface area contributed by atoms with Gasteiger partial charge in [0.2, 0.25) is 5.91 Å². The molecule has 3 N–H and O–H groups in total. The van der Waals surface area contributed by atoms with Crippen LogP contribution in [0.15, 0.2) is 24.3 Å². The number of benzene rings is 1. The van der Waals surface area contributed by atoms with Gasteiger partial charge in [-0.3, -0.25) is 4.79 Å². The van der Waals surface area contributed by atoms with Crippen molar-refractivity contribution in [2.24, 2.45) is 0 Å². The topological polar surface area (TPSA) is 86.6 Å². The quantitative estimate of drug-likeness (QED) is 0.677. The first kappa shape index (κ1) is 16.8. The van der Waals surface area contributed by atoms with Crippen LogP contribution in [0.4, 0.5) is 0 Å². The average Bonchev–Trinajstić information content (AvgIpc) is 2.38. The minimum absolute atomic E-state index is 0.0000329. The van der Waals surface area contributed by atoms with E-state index in [9.17, 15) is 9.59 Å².